The summed E-state index contributed by atoms with van der Waals surface area (Å²) in [6.07, 6.45) is 3.40. The predicted octanol–water partition coefficient (Wildman–Crippen LogP) is 2.42. The van der Waals surface area contributed by atoms with Crippen LogP contribution < -0.4 is 10.5 Å². The van der Waals surface area contributed by atoms with Gasteiger partial charge in [-0.15, -0.1) is 0 Å². The number of hydrogen-bond donors (Lipinski definition) is 0. The zero-order valence-corrected chi connectivity index (χ0v) is 18.3. The minimum Gasteiger partial charge on any atom is -0.371 e. The molecule has 8 heteroatoms. The molecule has 3 heterocycles. The van der Waals surface area contributed by atoms with E-state index in [4.69, 9.17) is 0 Å². The molecule has 0 radical (unpaired) electrons. The lowest BCUT2D eigenvalue weighted by molar-refractivity contribution is 0.0663. The molecule has 1 aliphatic rings. The topological polar surface area (TPSA) is 76.3 Å². The summed E-state index contributed by atoms with van der Waals surface area (Å²) >= 11 is 0. The molecule has 0 N–H and O–H groups in total. The normalized spacial score (nSPS) is 17.2. The highest BCUT2D eigenvalue weighted by atomic mass is 16.2. The number of piperidine rings is 1. The van der Waals surface area contributed by atoms with Crippen LogP contribution in [0.25, 0.3) is 0 Å². The molecule has 1 atom stereocenters. The Morgan fingerprint density at radius 2 is 1.97 bits per heavy atom. The van der Waals surface area contributed by atoms with Gasteiger partial charge in [-0.1, -0.05) is 13.8 Å². The zero-order valence-electron chi connectivity index (χ0n) is 18.3. The van der Waals surface area contributed by atoms with E-state index in [9.17, 15) is 9.59 Å². The summed E-state index contributed by atoms with van der Waals surface area (Å²) in [6.45, 7) is 9.45. The fourth-order valence-corrected chi connectivity index (χ4v) is 3.80. The second-order valence-electron chi connectivity index (χ2n) is 8.48. The first-order chi connectivity index (χ1) is 13.7. The van der Waals surface area contributed by atoms with Gasteiger partial charge in [0, 0.05) is 45.0 Å². The lowest BCUT2D eigenvalue weighted by Gasteiger charge is -2.33. The Kier molecular flexibility index (Phi) is 6.10. The molecule has 0 spiro atoms. The molecule has 29 heavy (non-hydrogen) atoms. The van der Waals surface area contributed by atoms with Crippen molar-refractivity contribution in [2.45, 2.75) is 58.5 Å². The first kappa shape index (κ1) is 21.1. The van der Waals surface area contributed by atoms with Crippen molar-refractivity contribution in [2.24, 2.45) is 7.05 Å². The molecule has 0 bridgehead atoms. The first-order valence-corrected chi connectivity index (χ1v) is 10.3. The van der Waals surface area contributed by atoms with Crippen molar-refractivity contribution in [1.29, 1.82) is 0 Å². The first-order valence-electron chi connectivity index (χ1n) is 10.3. The van der Waals surface area contributed by atoms with Crippen molar-refractivity contribution in [3.05, 3.63) is 40.1 Å². The summed E-state index contributed by atoms with van der Waals surface area (Å²) in [5, 5.41) is 8.82. The molecule has 1 aliphatic heterocycles. The molecule has 1 fully saturated rings. The van der Waals surface area contributed by atoms with E-state index in [1.807, 2.05) is 25.1 Å². The van der Waals surface area contributed by atoms with Crippen molar-refractivity contribution < 1.29 is 4.79 Å². The van der Waals surface area contributed by atoms with Crippen molar-refractivity contribution in [3.63, 3.8) is 0 Å². The van der Waals surface area contributed by atoms with Crippen LogP contribution in [-0.4, -0.2) is 56.5 Å². The molecular formula is C21H32N6O2. The lowest BCUT2D eigenvalue weighted by atomic mass is 10.0. The maximum Gasteiger partial charge on any atom is 0.274 e. The number of amides is 1. The largest absolute Gasteiger partial charge is 0.371 e. The van der Waals surface area contributed by atoms with Gasteiger partial charge in [0.25, 0.3) is 11.5 Å². The molecule has 8 nitrogen and oxygen atoms in total. The van der Waals surface area contributed by atoms with Crippen LogP contribution in [0.3, 0.4) is 0 Å². The van der Waals surface area contributed by atoms with Gasteiger partial charge in [-0.3, -0.25) is 14.3 Å². The van der Waals surface area contributed by atoms with Crippen LogP contribution in [0, 0.1) is 0 Å². The van der Waals surface area contributed by atoms with Gasteiger partial charge in [-0.2, -0.15) is 10.2 Å². The Labute approximate surface area is 172 Å². The molecule has 1 saturated heterocycles. The van der Waals surface area contributed by atoms with Crippen LogP contribution in [0.1, 0.15) is 68.7 Å². The average molecular weight is 401 g/mol. The summed E-state index contributed by atoms with van der Waals surface area (Å²) in [4.78, 5) is 29.5. The average Bonchev–Trinajstić information content (AvgIpc) is 3.08. The Bertz CT molecular complexity index is 929. The van der Waals surface area contributed by atoms with Crippen molar-refractivity contribution in [1.82, 2.24) is 24.5 Å². The third-order valence-electron chi connectivity index (χ3n) is 5.75. The van der Waals surface area contributed by atoms with E-state index in [-0.39, 0.29) is 23.6 Å². The van der Waals surface area contributed by atoms with E-state index in [1.165, 1.54) is 4.68 Å². The minimum atomic E-state index is -0.130. The Morgan fingerprint density at radius 1 is 1.24 bits per heavy atom. The van der Waals surface area contributed by atoms with Gasteiger partial charge < -0.3 is 9.80 Å². The maximum atomic E-state index is 13.0. The van der Waals surface area contributed by atoms with Crippen LogP contribution in [0.4, 0.5) is 5.69 Å². The third-order valence-corrected chi connectivity index (χ3v) is 5.75. The molecule has 0 unspecified atom stereocenters. The molecule has 2 aromatic heterocycles. The van der Waals surface area contributed by atoms with Gasteiger partial charge in [-0.05, 0) is 38.7 Å². The van der Waals surface area contributed by atoms with Crippen LogP contribution >= 0.6 is 0 Å². The van der Waals surface area contributed by atoms with Gasteiger partial charge >= 0.3 is 0 Å². The number of aromatic nitrogens is 4. The third kappa shape index (κ3) is 4.36. The summed E-state index contributed by atoms with van der Waals surface area (Å²) in [7, 11) is 3.81. The van der Waals surface area contributed by atoms with Crippen molar-refractivity contribution in [2.75, 3.05) is 25.0 Å². The molecule has 1 amide bonds. The zero-order chi connectivity index (χ0) is 21.3. The monoisotopic (exact) mass is 400 g/mol. The van der Waals surface area contributed by atoms with E-state index in [1.54, 1.807) is 21.8 Å². The van der Waals surface area contributed by atoms with Crippen LogP contribution in [0.2, 0.25) is 0 Å². The van der Waals surface area contributed by atoms with Crippen LogP contribution in [-0.2, 0) is 7.05 Å². The predicted molar refractivity (Wildman–Crippen MR) is 114 cm³/mol. The summed E-state index contributed by atoms with van der Waals surface area (Å²) < 4.78 is 3.30. The fraction of sp³-hybridized carbons (Fsp3) is 0.619. The molecule has 158 valence electrons. The number of likely N-dealkylation sites (tertiary alicyclic amines) is 1. The number of nitrogens with zero attached hydrogens (tertiary/aromatic N) is 6. The second-order valence-corrected chi connectivity index (χ2v) is 8.48. The van der Waals surface area contributed by atoms with E-state index in [0.717, 1.165) is 24.2 Å². The highest BCUT2D eigenvalue weighted by Crippen LogP contribution is 2.23. The van der Waals surface area contributed by atoms with Gasteiger partial charge in [0.2, 0.25) is 0 Å². The quantitative estimate of drug-likeness (QED) is 0.770. The number of carbonyl (C=O) groups is 1. The number of anilines is 1. The molecule has 3 rings (SSSR count). The molecule has 0 aromatic carbocycles. The number of carbonyl (C=O) groups excluding carboxylic acids is 1. The van der Waals surface area contributed by atoms with E-state index < -0.39 is 0 Å². The number of rotatable bonds is 5. The van der Waals surface area contributed by atoms with Gasteiger partial charge in [-0.25, -0.2) is 4.68 Å². The highest BCUT2D eigenvalue weighted by Gasteiger charge is 2.28. The van der Waals surface area contributed by atoms with Gasteiger partial charge in [0.05, 0.1) is 17.9 Å². The van der Waals surface area contributed by atoms with E-state index in [0.29, 0.717) is 24.7 Å². The van der Waals surface area contributed by atoms with Crippen molar-refractivity contribution in [3.8, 4) is 0 Å². The Hall–Kier alpha value is -2.64. The fourth-order valence-electron chi connectivity index (χ4n) is 3.80. The molecule has 2 aromatic rings. The van der Waals surface area contributed by atoms with Crippen molar-refractivity contribution >= 4 is 11.6 Å². The maximum absolute atomic E-state index is 13.0. The van der Waals surface area contributed by atoms with Crippen LogP contribution in [0.5, 0.6) is 0 Å². The SMILES string of the molecule is CC(C)c1cc(C(=O)N2CCC[C@H](n3ncc(N(C)C(C)C)cc3=O)C2)nn1C. The number of hydrogen-bond acceptors (Lipinski definition) is 5. The van der Waals surface area contributed by atoms with Crippen LogP contribution in [0.15, 0.2) is 23.1 Å². The summed E-state index contributed by atoms with van der Waals surface area (Å²) in [5.74, 6) is 0.217. The summed E-state index contributed by atoms with van der Waals surface area (Å²) in [6, 6.07) is 3.66. The molecule has 0 aliphatic carbocycles. The van der Waals surface area contributed by atoms with E-state index >= 15 is 0 Å². The van der Waals surface area contributed by atoms with Gasteiger partial charge in [0.1, 0.15) is 0 Å². The second kappa shape index (κ2) is 8.39. The Morgan fingerprint density at radius 3 is 2.55 bits per heavy atom. The molecular weight excluding hydrogens is 368 g/mol. The minimum absolute atomic E-state index is 0.0820. The number of aryl methyl sites for hydroxylation is 1. The standard InChI is InChI=1S/C21H32N6O2/c1-14(2)19-11-18(23-25(19)6)21(29)26-9-7-8-16(13-26)27-20(28)10-17(12-22-27)24(5)15(3)4/h10-12,14-16H,7-9,13H2,1-6H3/t16-/m0/s1. The van der Waals surface area contributed by atoms with E-state index in [2.05, 4.69) is 37.9 Å². The smallest absolute Gasteiger partial charge is 0.274 e. The Balaban J connectivity index is 1.78. The summed E-state index contributed by atoms with van der Waals surface area (Å²) in [5.41, 5.74) is 2.17. The van der Waals surface area contributed by atoms with Gasteiger partial charge in [0.15, 0.2) is 5.69 Å². The lowest BCUT2D eigenvalue weighted by Crippen LogP contribution is -2.43. The highest BCUT2D eigenvalue weighted by molar-refractivity contribution is 5.92. The molecule has 0 saturated carbocycles.